The second-order valence-corrected chi connectivity index (χ2v) is 10.6. The highest BCUT2D eigenvalue weighted by atomic mass is 32.2. The lowest BCUT2D eigenvalue weighted by atomic mass is 9.97. The Bertz CT molecular complexity index is 1060. The number of carbonyl (C=O) groups excluding carboxylic acids is 2. The first-order valence-electron chi connectivity index (χ1n) is 10.9. The monoisotopic (exact) mass is 457 g/mol. The Morgan fingerprint density at radius 3 is 2.28 bits per heavy atom. The molecule has 1 heterocycles. The van der Waals surface area contributed by atoms with Gasteiger partial charge >= 0.3 is 0 Å². The Balaban J connectivity index is 1.62. The molecule has 0 aromatic heterocycles. The molecule has 1 aliphatic heterocycles. The van der Waals surface area contributed by atoms with Crippen LogP contribution in [0.4, 0.5) is 5.69 Å². The van der Waals surface area contributed by atoms with Crippen LogP contribution in [0.1, 0.15) is 42.6 Å². The van der Waals surface area contributed by atoms with E-state index in [0.29, 0.717) is 36.6 Å². The van der Waals surface area contributed by atoms with E-state index in [-0.39, 0.29) is 35.7 Å². The van der Waals surface area contributed by atoms with Crippen LogP contribution >= 0.6 is 0 Å². The first-order valence-corrected chi connectivity index (χ1v) is 12.4. The van der Waals surface area contributed by atoms with Crippen LogP contribution < -0.4 is 10.6 Å². The zero-order chi connectivity index (χ0) is 23.3. The average molecular weight is 458 g/mol. The van der Waals surface area contributed by atoms with Crippen LogP contribution in [0.15, 0.2) is 53.4 Å². The van der Waals surface area contributed by atoms with Crippen molar-refractivity contribution in [3.8, 4) is 0 Å². The highest BCUT2D eigenvalue weighted by Gasteiger charge is 2.32. The zero-order valence-electron chi connectivity index (χ0n) is 18.8. The third kappa shape index (κ3) is 5.75. The predicted molar refractivity (Wildman–Crippen MR) is 125 cm³/mol. The molecule has 172 valence electrons. The number of nitrogens with one attached hydrogen (secondary N) is 2. The number of sulfonamides is 1. The van der Waals surface area contributed by atoms with E-state index in [1.165, 1.54) is 4.31 Å². The van der Waals surface area contributed by atoms with Gasteiger partial charge < -0.3 is 10.6 Å². The van der Waals surface area contributed by atoms with E-state index in [9.17, 15) is 18.0 Å². The van der Waals surface area contributed by atoms with E-state index in [1.54, 1.807) is 48.5 Å². The number of nitrogens with zero attached hydrogens (tertiary/aromatic N) is 1. The van der Waals surface area contributed by atoms with E-state index >= 15 is 0 Å². The van der Waals surface area contributed by atoms with Gasteiger partial charge in [-0.3, -0.25) is 9.59 Å². The molecule has 0 saturated carbocycles. The van der Waals surface area contributed by atoms with Crippen LogP contribution in [0.2, 0.25) is 0 Å². The maximum atomic E-state index is 12.9. The summed E-state index contributed by atoms with van der Waals surface area (Å²) in [5, 5.41) is 5.74. The van der Waals surface area contributed by atoms with Crippen LogP contribution in [0.25, 0.3) is 0 Å². The normalized spacial score (nSPS) is 15.5. The summed E-state index contributed by atoms with van der Waals surface area (Å²) in [6.07, 6.45) is 0.858. The van der Waals surface area contributed by atoms with Gasteiger partial charge in [0.2, 0.25) is 15.9 Å². The molecule has 2 aromatic carbocycles. The van der Waals surface area contributed by atoms with Gasteiger partial charge in [0, 0.05) is 25.6 Å². The van der Waals surface area contributed by atoms with Gasteiger partial charge in [-0.25, -0.2) is 8.42 Å². The third-order valence-electron chi connectivity index (χ3n) is 5.58. The number of carbonyl (C=O) groups is 2. The van der Waals surface area contributed by atoms with Gasteiger partial charge in [-0.2, -0.15) is 4.31 Å². The summed E-state index contributed by atoms with van der Waals surface area (Å²) >= 11 is 0. The fourth-order valence-electron chi connectivity index (χ4n) is 3.63. The summed E-state index contributed by atoms with van der Waals surface area (Å²) in [5.41, 5.74) is 1.88. The van der Waals surface area contributed by atoms with Crippen molar-refractivity contribution < 1.29 is 18.0 Å². The summed E-state index contributed by atoms with van der Waals surface area (Å²) in [5.74, 6) is -0.413. The largest absolute Gasteiger partial charge is 0.352 e. The summed E-state index contributed by atoms with van der Waals surface area (Å²) in [6.45, 7) is 7.05. The number of amides is 2. The molecule has 2 amide bonds. The molecule has 8 heteroatoms. The highest BCUT2D eigenvalue weighted by molar-refractivity contribution is 7.89. The molecule has 0 spiro atoms. The molecule has 0 unspecified atom stereocenters. The van der Waals surface area contributed by atoms with Gasteiger partial charge in [0.1, 0.15) is 0 Å². The van der Waals surface area contributed by atoms with E-state index in [4.69, 9.17) is 0 Å². The number of piperidine rings is 1. The van der Waals surface area contributed by atoms with Gasteiger partial charge in [-0.1, -0.05) is 43.7 Å². The average Bonchev–Trinajstić information content (AvgIpc) is 2.78. The molecule has 2 aromatic rings. The van der Waals surface area contributed by atoms with Crippen molar-refractivity contribution in [2.24, 2.45) is 11.8 Å². The Morgan fingerprint density at radius 2 is 1.66 bits per heavy atom. The summed E-state index contributed by atoms with van der Waals surface area (Å²) in [4.78, 5) is 25.6. The van der Waals surface area contributed by atoms with Gasteiger partial charge in [-0.05, 0) is 49.9 Å². The number of hydrogen-bond acceptors (Lipinski definition) is 4. The molecule has 1 saturated heterocycles. The molecule has 7 nitrogen and oxygen atoms in total. The number of hydrogen-bond donors (Lipinski definition) is 2. The quantitative estimate of drug-likeness (QED) is 0.666. The molecule has 0 atom stereocenters. The van der Waals surface area contributed by atoms with Gasteiger partial charge in [-0.15, -0.1) is 0 Å². The molecule has 32 heavy (non-hydrogen) atoms. The molecular weight excluding hydrogens is 426 g/mol. The van der Waals surface area contributed by atoms with E-state index in [0.717, 1.165) is 5.56 Å². The molecule has 2 N–H and O–H groups in total. The zero-order valence-corrected chi connectivity index (χ0v) is 19.6. The van der Waals surface area contributed by atoms with Crippen molar-refractivity contribution in [2.75, 3.05) is 25.0 Å². The Kier molecular flexibility index (Phi) is 7.69. The van der Waals surface area contributed by atoms with E-state index in [2.05, 4.69) is 10.6 Å². The topological polar surface area (TPSA) is 95.6 Å². The van der Waals surface area contributed by atoms with Crippen molar-refractivity contribution in [3.05, 3.63) is 59.7 Å². The second-order valence-electron chi connectivity index (χ2n) is 8.63. The van der Waals surface area contributed by atoms with Gasteiger partial charge in [0.25, 0.3) is 5.91 Å². The lowest BCUT2D eigenvalue weighted by Gasteiger charge is -2.30. The Labute approximate surface area is 190 Å². The number of para-hydroxylation sites is 1. The van der Waals surface area contributed by atoms with Crippen LogP contribution in [0.3, 0.4) is 0 Å². The second kappa shape index (κ2) is 10.3. The van der Waals surface area contributed by atoms with E-state index < -0.39 is 10.0 Å². The predicted octanol–water partition coefficient (Wildman–Crippen LogP) is 3.42. The molecular formula is C24H31N3O4S. The summed E-state index contributed by atoms with van der Waals surface area (Å²) in [7, 11) is -3.57. The van der Waals surface area contributed by atoms with E-state index in [1.807, 2.05) is 20.8 Å². The number of benzene rings is 2. The van der Waals surface area contributed by atoms with Crippen LogP contribution in [0, 0.1) is 18.8 Å². The fraction of sp³-hybridized carbons (Fsp3) is 0.417. The number of anilines is 1. The molecule has 0 bridgehead atoms. The van der Waals surface area contributed by atoms with Crippen molar-refractivity contribution in [2.45, 2.75) is 38.5 Å². The summed E-state index contributed by atoms with van der Waals surface area (Å²) in [6, 6.07) is 13.7. The SMILES string of the molecule is Cc1ccc(S(=O)(=O)N2CCC(C(=O)Nc3ccccc3C(=O)NCC(C)C)CC2)cc1. The fourth-order valence-corrected chi connectivity index (χ4v) is 5.10. The Hall–Kier alpha value is -2.71. The van der Waals surface area contributed by atoms with Gasteiger partial charge in [0.05, 0.1) is 16.1 Å². The van der Waals surface area contributed by atoms with Crippen LogP contribution in [-0.4, -0.2) is 44.2 Å². The number of rotatable bonds is 7. The maximum Gasteiger partial charge on any atom is 0.253 e. The van der Waals surface area contributed by atoms with Crippen molar-refractivity contribution in [1.29, 1.82) is 0 Å². The first kappa shape index (κ1) is 23.9. The summed E-state index contributed by atoms with van der Waals surface area (Å²) < 4.78 is 27.2. The molecule has 0 radical (unpaired) electrons. The van der Waals surface area contributed by atoms with Crippen molar-refractivity contribution in [1.82, 2.24) is 9.62 Å². The third-order valence-corrected chi connectivity index (χ3v) is 7.50. The molecule has 1 aliphatic rings. The standard InChI is InChI=1S/C24H31N3O4S/c1-17(2)16-25-24(29)21-6-4-5-7-22(21)26-23(28)19-12-14-27(15-13-19)32(30,31)20-10-8-18(3)9-11-20/h4-11,17,19H,12-16H2,1-3H3,(H,25,29)(H,26,28). The lowest BCUT2D eigenvalue weighted by molar-refractivity contribution is -0.120. The molecule has 0 aliphatic carbocycles. The van der Waals surface area contributed by atoms with Crippen molar-refractivity contribution in [3.63, 3.8) is 0 Å². The minimum atomic E-state index is -3.57. The minimum Gasteiger partial charge on any atom is -0.352 e. The lowest BCUT2D eigenvalue weighted by Crippen LogP contribution is -2.41. The Morgan fingerprint density at radius 1 is 1.03 bits per heavy atom. The minimum absolute atomic E-state index is 0.193. The van der Waals surface area contributed by atoms with Crippen LogP contribution in [0.5, 0.6) is 0 Å². The number of aryl methyl sites for hydroxylation is 1. The smallest absolute Gasteiger partial charge is 0.253 e. The maximum absolute atomic E-state index is 12.9. The van der Waals surface area contributed by atoms with Crippen LogP contribution in [-0.2, 0) is 14.8 Å². The van der Waals surface area contributed by atoms with Crippen molar-refractivity contribution >= 4 is 27.5 Å². The first-order chi connectivity index (χ1) is 15.2. The molecule has 3 rings (SSSR count). The molecule has 1 fully saturated rings. The highest BCUT2D eigenvalue weighted by Crippen LogP contribution is 2.26. The van der Waals surface area contributed by atoms with Gasteiger partial charge in [0.15, 0.2) is 0 Å².